The summed E-state index contributed by atoms with van der Waals surface area (Å²) in [5.74, 6) is 0.00247. The molecule has 5 nitrogen and oxygen atoms in total. The third-order valence-corrected chi connectivity index (χ3v) is 4.32. The first-order valence-corrected chi connectivity index (χ1v) is 8.66. The van der Waals surface area contributed by atoms with Crippen LogP contribution < -0.4 is 10.1 Å². The minimum Gasteiger partial charge on any atom is -0.484 e. The molecule has 0 radical (unpaired) electrons. The van der Waals surface area contributed by atoms with Crippen molar-refractivity contribution < 1.29 is 27.4 Å². The highest BCUT2D eigenvalue weighted by atomic mass is 19.4. The molecule has 1 N–H and O–H groups in total. The summed E-state index contributed by atoms with van der Waals surface area (Å²) >= 11 is 0. The Bertz CT molecular complexity index is 587. The molecule has 1 aliphatic rings. The van der Waals surface area contributed by atoms with Crippen LogP contribution in [0.2, 0.25) is 0 Å². The summed E-state index contributed by atoms with van der Waals surface area (Å²) in [5, 5.41) is 2.81. The standard InChI is InChI=1S/C18H25F3N2O3/c1-13(2)16(23-6-8-25-9-7-23)11-22-17(24)12-26-15-5-3-4-14(10-15)18(19,20)21/h3-5,10,13,16H,6-9,11-12H2,1-2H3,(H,22,24). The lowest BCUT2D eigenvalue weighted by atomic mass is 10.0. The highest BCUT2D eigenvalue weighted by Crippen LogP contribution is 2.31. The predicted molar refractivity (Wildman–Crippen MR) is 91.0 cm³/mol. The van der Waals surface area contributed by atoms with Crippen molar-refractivity contribution in [3.8, 4) is 5.75 Å². The second kappa shape index (κ2) is 9.23. The van der Waals surface area contributed by atoms with E-state index in [1.54, 1.807) is 0 Å². The molecule has 1 amide bonds. The van der Waals surface area contributed by atoms with Crippen LogP contribution in [0, 0.1) is 5.92 Å². The van der Waals surface area contributed by atoms with Gasteiger partial charge in [-0.3, -0.25) is 9.69 Å². The quantitative estimate of drug-likeness (QED) is 0.797. The number of rotatable bonds is 7. The van der Waals surface area contributed by atoms with Crippen LogP contribution in [0.4, 0.5) is 13.2 Å². The molecule has 0 spiro atoms. The average molecular weight is 374 g/mol. The Balaban J connectivity index is 1.82. The van der Waals surface area contributed by atoms with Crippen LogP contribution >= 0.6 is 0 Å². The van der Waals surface area contributed by atoms with Crippen molar-refractivity contribution in [2.45, 2.75) is 26.1 Å². The van der Waals surface area contributed by atoms with Crippen molar-refractivity contribution >= 4 is 5.91 Å². The number of morpholine rings is 1. The highest BCUT2D eigenvalue weighted by Gasteiger charge is 2.30. The molecule has 1 fully saturated rings. The van der Waals surface area contributed by atoms with Crippen molar-refractivity contribution in [2.24, 2.45) is 5.92 Å². The molecule has 146 valence electrons. The van der Waals surface area contributed by atoms with E-state index in [1.165, 1.54) is 12.1 Å². The van der Waals surface area contributed by atoms with Gasteiger partial charge in [0.25, 0.3) is 5.91 Å². The first kappa shape index (κ1) is 20.5. The Labute approximate surface area is 151 Å². The van der Waals surface area contributed by atoms with E-state index in [0.29, 0.717) is 25.7 Å². The molecule has 2 rings (SSSR count). The van der Waals surface area contributed by atoms with E-state index in [4.69, 9.17) is 9.47 Å². The summed E-state index contributed by atoms with van der Waals surface area (Å²) in [6.45, 7) is 7.30. The maximum absolute atomic E-state index is 12.7. The van der Waals surface area contributed by atoms with Crippen LogP contribution in [0.1, 0.15) is 19.4 Å². The van der Waals surface area contributed by atoms with Gasteiger partial charge in [0, 0.05) is 25.7 Å². The number of ether oxygens (including phenoxy) is 2. The number of carbonyl (C=O) groups excluding carboxylic acids is 1. The van der Waals surface area contributed by atoms with Gasteiger partial charge in [0.1, 0.15) is 5.75 Å². The Morgan fingerprint density at radius 3 is 2.62 bits per heavy atom. The van der Waals surface area contributed by atoms with E-state index in [0.717, 1.165) is 25.2 Å². The van der Waals surface area contributed by atoms with Gasteiger partial charge in [0.05, 0.1) is 18.8 Å². The number of alkyl halides is 3. The third-order valence-electron chi connectivity index (χ3n) is 4.32. The molecule has 1 unspecified atom stereocenters. The van der Waals surface area contributed by atoms with E-state index in [1.807, 2.05) is 0 Å². The lowest BCUT2D eigenvalue weighted by molar-refractivity contribution is -0.137. The Morgan fingerprint density at radius 2 is 2.00 bits per heavy atom. The van der Waals surface area contributed by atoms with Crippen LogP contribution in [-0.2, 0) is 15.7 Å². The lowest BCUT2D eigenvalue weighted by Crippen LogP contribution is -2.51. The monoisotopic (exact) mass is 374 g/mol. The molecule has 1 saturated heterocycles. The Morgan fingerprint density at radius 1 is 1.31 bits per heavy atom. The number of carbonyl (C=O) groups is 1. The lowest BCUT2D eigenvalue weighted by Gasteiger charge is -2.36. The molecule has 0 bridgehead atoms. The Kier molecular flexibility index (Phi) is 7.28. The van der Waals surface area contributed by atoms with Crippen LogP contribution in [0.15, 0.2) is 24.3 Å². The molecule has 8 heteroatoms. The van der Waals surface area contributed by atoms with Gasteiger partial charge in [-0.1, -0.05) is 19.9 Å². The summed E-state index contributed by atoms with van der Waals surface area (Å²) in [6.07, 6.45) is -4.44. The topological polar surface area (TPSA) is 50.8 Å². The average Bonchev–Trinajstić information content (AvgIpc) is 2.60. The van der Waals surface area contributed by atoms with Gasteiger partial charge in [-0.2, -0.15) is 13.2 Å². The molecular formula is C18H25F3N2O3. The van der Waals surface area contributed by atoms with Crippen molar-refractivity contribution in [1.29, 1.82) is 0 Å². The molecule has 26 heavy (non-hydrogen) atoms. The molecule has 0 saturated carbocycles. The van der Waals surface area contributed by atoms with Crippen molar-refractivity contribution in [3.63, 3.8) is 0 Å². The van der Waals surface area contributed by atoms with E-state index in [9.17, 15) is 18.0 Å². The van der Waals surface area contributed by atoms with Crippen molar-refractivity contribution in [3.05, 3.63) is 29.8 Å². The SMILES string of the molecule is CC(C)C(CNC(=O)COc1cccc(C(F)(F)F)c1)N1CCOCC1. The second-order valence-corrected chi connectivity index (χ2v) is 6.58. The second-order valence-electron chi connectivity index (χ2n) is 6.58. The summed E-state index contributed by atoms with van der Waals surface area (Å²) < 4.78 is 48.6. The zero-order chi connectivity index (χ0) is 19.2. The van der Waals surface area contributed by atoms with E-state index < -0.39 is 11.7 Å². The minimum absolute atomic E-state index is 0.0172. The fraction of sp³-hybridized carbons (Fsp3) is 0.611. The first-order chi connectivity index (χ1) is 12.3. The van der Waals surface area contributed by atoms with Gasteiger partial charge >= 0.3 is 6.18 Å². The van der Waals surface area contributed by atoms with Crippen LogP contribution in [0.3, 0.4) is 0 Å². The number of amides is 1. The molecule has 1 aliphatic heterocycles. The van der Waals surface area contributed by atoms with Gasteiger partial charge in [0.15, 0.2) is 6.61 Å². The van der Waals surface area contributed by atoms with Crippen molar-refractivity contribution in [1.82, 2.24) is 10.2 Å². The summed E-state index contributed by atoms with van der Waals surface area (Å²) in [4.78, 5) is 14.3. The first-order valence-electron chi connectivity index (χ1n) is 8.66. The smallest absolute Gasteiger partial charge is 0.416 e. The van der Waals surface area contributed by atoms with Crippen LogP contribution in [0.5, 0.6) is 5.75 Å². The summed E-state index contributed by atoms with van der Waals surface area (Å²) in [6, 6.07) is 4.67. The number of nitrogens with zero attached hydrogens (tertiary/aromatic N) is 1. The van der Waals surface area contributed by atoms with E-state index in [-0.39, 0.29) is 24.3 Å². The number of halogens is 3. The predicted octanol–water partition coefficient (Wildman–Crippen LogP) is 2.56. The van der Waals surface area contributed by atoms with Gasteiger partial charge in [-0.15, -0.1) is 0 Å². The molecule has 1 aromatic rings. The number of nitrogens with one attached hydrogen (secondary N) is 1. The van der Waals surface area contributed by atoms with E-state index in [2.05, 4.69) is 24.1 Å². The maximum atomic E-state index is 12.7. The zero-order valence-corrected chi connectivity index (χ0v) is 15.0. The fourth-order valence-electron chi connectivity index (χ4n) is 2.88. The minimum atomic E-state index is -4.44. The molecule has 1 aromatic carbocycles. The Hall–Kier alpha value is -1.80. The molecule has 0 aromatic heterocycles. The van der Waals surface area contributed by atoms with Gasteiger partial charge in [-0.05, 0) is 24.1 Å². The molecule has 1 atom stereocenters. The van der Waals surface area contributed by atoms with Gasteiger partial charge in [0.2, 0.25) is 0 Å². The fourth-order valence-corrected chi connectivity index (χ4v) is 2.88. The van der Waals surface area contributed by atoms with Crippen LogP contribution in [-0.4, -0.2) is 56.3 Å². The van der Waals surface area contributed by atoms with Gasteiger partial charge < -0.3 is 14.8 Å². The van der Waals surface area contributed by atoms with E-state index >= 15 is 0 Å². The third kappa shape index (κ3) is 6.17. The normalized spacial score (nSPS) is 17.2. The summed E-state index contributed by atoms with van der Waals surface area (Å²) in [7, 11) is 0. The maximum Gasteiger partial charge on any atom is 0.416 e. The highest BCUT2D eigenvalue weighted by molar-refractivity contribution is 5.77. The number of hydrogen-bond acceptors (Lipinski definition) is 4. The zero-order valence-electron chi connectivity index (χ0n) is 15.0. The van der Waals surface area contributed by atoms with Crippen molar-refractivity contribution in [2.75, 3.05) is 39.5 Å². The largest absolute Gasteiger partial charge is 0.484 e. The number of hydrogen-bond donors (Lipinski definition) is 1. The van der Waals surface area contributed by atoms with Crippen LogP contribution in [0.25, 0.3) is 0 Å². The number of benzene rings is 1. The summed E-state index contributed by atoms with van der Waals surface area (Å²) in [5.41, 5.74) is -0.803. The van der Waals surface area contributed by atoms with Gasteiger partial charge in [-0.25, -0.2) is 0 Å². The molecule has 1 heterocycles. The molecule has 0 aliphatic carbocycles. The molecular weight excluding hydrogens is 349 g/mol.